The second-order valence-corrected chi connectivity index (χ2v) is 5.02. The summed E-state index contributed by atoms with van der Waals surface area (Å²) >= 11 is 0. The molecule has 0 aliphatic heterocycles. The number of aromatic nitrogens is 4. The quantitative estimate of drug-likeness (QED) is 0.532. The normalized spacial score (nSPS) is 29.4. The first-order valence-electron chi connectivity index (χ1n) is 6.29. The van der Waals surface area contributed by atoms with Gasteiger partial charge in [-0.1, -0.05) is 6.58 Å². The lowest BCUT2D eigenvalue weighted by atomic mass is 10.0. The smallest absolute Gasteiger partial charge is 0.280 e. The number of aromatic amines is 1. The number of fused-ring (bicyclic) bond motifs is 1. The Balaban J connectivity index is 2.17. The molecule has 0 aromatic carbocycles. The molecule has 9 heteroatoms. The van der Waals surface area contributed by atoms with Crippen LogP contribution >= 0.6 is 0 Å². The Labute approximate surface area is 117 Å². The third-order valence-corrected chi connectivity index (χ3v) is 3.84. The van der Waals surface area contributed by atoms with Crippen molar-refractivity contribution in [1.82, 2.24) is 19.5 Å². The third-order valence-electron chi connectivity index (χ3n) is 3.84. The maximum absolute atomic E-state index is 14.3. The van der Waals surface area contributed by atoms with Gasteiger partial charge in [0.05, 0.1) is 25.1 Å². The van der Waals surface area contributed by atoms with Gasteiger partial charge in [-0.3, -0.25) is 9.78 Å². The zero-order valence-corrected chi connectivity index (χ0v) is 10.9. The first-order valence-corrected chi connectivity index (χ1v) is 6.29. The summed E-state index contributed by atoms with van der Waals surface area (Å²) in [6.07, 6.45) is -1.81. The molecule has 0 radical (unpaired) electrons. The first-order chi connectivity index (χ1) is 9.95. The lowest BCUT2D eigenvalue weighted by Crippen LogP contribution is -2.27. The number of hydrogen-bond donors (Lipinski definition) is 4. The zero-order valence-electron chi connectivity index (χ0n) is 10.9. The molecule has 8 nitrogen and oxygen atoms in total. The van der Waals surface area contributed by atoms with Crippen molar-refractivity contribution >= 4 is 17.1 Å². The van der Waals surface area contributed by atoms with Crippen molar-refractivity contribution in [3.05, 3.63) is 28.8 Å². The van der Waals surface area contributed by atoms with Gasteiger partial charge in [-0.2, -0.15) is 4.98 Å². The highest BCUT2D eigenvalue weighted by atomic mass is 19.1. The average molecular weight is 295 g/mol. The highest BCUT2D eigenvalue weighted by Gasteiger charge is 2.47. The van der Waals surface area contributed by atoms with E-state index in [1.807, 2.05) is 0 Å². The minimum absolute atomic E-state index is 0.0196. The van der Waals surface area contributed by atoms with E-state index < -0.39 is 36.4 Å². The predicted octanol–water partition coefficient (Wildman–Crippen LogP) is -0.880. The highest BCUT2D eigenvalue weighted by Crippen LogP contribution is 2.41. The van der Waals surface area contributed by atoms with E-state index in [2.05, 4.69) is 21.5 Å². The van der Waals surface area contributed by atoms with E-state index in [-0.39, 0.29) is 17.1 Å². The molecule has 2 heterocycles. The number of aliphatic hydroxyl groups excluding tert-OH is 2. The number of nitrogens with zero attached hydrogens (tertiary/aromatic N) is 3. The number of anilines is 1. The zero-order chi connectivity index (χ0) is 15.3. The van der Waals surface area contributed by atoms with Crippen LogP contribution in [0.1, 0.15) is 6.04 Å². The molecule has 1 fully saturated rings. The molecular weight excluding hydrogens is 281 g/mol. The van der Waals surface area contributed by atoms with Gasteiger partial charge in [0, 0.05) is 5.92 Å². The number of H-pyrrole nitrogens is 1. The summed E-state index contributed by atoms with van der Waals surface area (Å²) in [6, 6.07) is -0.962. The van der Waals surface area contributed by atoms with Gasteiger partial charge in [0.15, 0.2) is 17.3 Å². The van der Waals surface area contributed by atoms with Crippen molar-refractivity contribution in [3.8, 4) is 0 Å². The number of alkyl halides is 1. The number of halogens is 1. The molecular formula is C12H14FN5O3. The third kappa shape index (κ3) is 1.85. The molecule has 3 rings (SSSR count). The average Bonchev–Trinajstić information content (AvgIpc) is 2.91. The molecule has 0 spiro atoms. The Morgan fingerprint density at radius 3 is 2.90 bits per heavy atom. The molecule has 0 amide bonds. The lowest BCUT2D eigenvalue weighted by molar-refractivity contribution is 0.0426. The van der Waals surface area contributed by atoms with Gasteiger partial charge in [0.2, 0.25) is 5.95 Å². The van der Waals surface area contributed by atoms with Gasteiger partial charge in [-0.15, -0.1) is 0 Å². The Morgan fingerprint density at radius 1 is 1.57 bits per heavy atom. The molecule has 112 valence electrons. The van der Waals surface area contributed by atoms with Crippen molar-refractivity contribution in [1.29, 1.82) is 0 Å². The molecule has 1 aliphatic rings. The summed E-state index contributed by atoms with van der Waals surface area (Å²) in [5.41, 5.74) is 5.40. The van der Waals surface area contributed by atoms with Gasteiger partial charge >= 0.3 is 0 Å². The largest absolute Gasteiger partial charge is 0.396 e. The maximum atomic E-state index is 14.3. The standard InChI is InChI=1S/C12H14FN5O3/c1-4-5(2-19)9(20)6(13)8(4)18-3-15-7-10(18)16-12(14)17-11(7)21/h3,5-6,8-9,19-20H,1-2H2,(H3,14,16,17,21). The predicted molar refractivity (Wildman–Crippen MR) is 72.2 cm³/mol. The molecule has 21 heavy (non-hydrogen) atoms. The fraction of sp³-hybridized carbons (Fsp3) is 0.417. The Kier molecular flexibility index (Phi) is 3.03. The van der Waals surface area contributed by atoms with Crippen molar-refractivity contribution in [2.45, 2.75) is 18.3 Å². The fourth-order valence-corrected chi connectivity index (χ4v) is 2.76. The van der Waals surface area contributed by atoms with Crippen LogP contribution in [-0.4, -0.2) is 48.6 Å². The van der Waals surface area contributed by atoms with E-state index in [4.69, 9.17) is 5.73 Å². The molecule has 5 N–H and O–H groups in total. The molecule has 4 unspecified atom stereocenters. The summed E-state index contributed by atoms with van der Waals surface area (Å²) in [6.45, 7) is 3.33. The van der Waals surface area contributed by atoms with E-state index in [1.165, 1.54) is 10.9 Å². The van der Waals surface area contributed by atoms with Crippen molar-refractivity contribution in [2.75, 3.05) is 12.3 Å². The molecule has 4 atom stereocenters. The van der Waals surface area contributed by atoms with Crippen LogP contribution in [0.25, 0.3) is 11.2 Å². The number of imidazole rings is 1. The van der Waals surface area contributed by atoms with Crippen LogP contribution in [0.15, 0.2) is 23.3 Å². The van der Waals surface area contributed by atoms with Gasteiger partial charge in [-0.05, 0) is 5.57 Å². The van der Waals surface area contributed by atoms with Gasteiger partial charge in [0.25, 0.3) is 5.56 Å². The number of nitrogens with two attached hydrogens (primary N) is 1. The number of nitrogens with one attached hydrogen (secondary N) is 1. The summed E-state index contributed by atoms with van der Waals surface area (Å²) < 4.78 is 15.7. The van der Waals surface area contributed by atoms with Crippen LogP contribution in [0.5, 0.6) is 0 Å². The van der Waals surface area contributed by atoms with Crippen molar-refractivity contribution < 1.29 is 14.6 Å². The van der Waals surface area contributed by atoms with E-state index >= 15 is 0 Å². The summed E-state index contributed by atoms with van der Waals surface area (Å²) in [5.74, 6) is -0.894. The Hall–Kier alpha value is -2.26. The summed E-state index contributed by atoms with van der Waals surface area (Å²) in [7, 11) is 0. The first kappa shape index (κ1) is 13.7. The second-order valence-electron chi connectivity index (χ2n) is 5.02. The fourth-order valence-electron chi connectivity index (χ4n) is 2.76. The van der Waals surface area contributed by atoms with Gasteiger partial charge < -0.3 is 20.5 Å². The van der Waals surface area contributed by atoms with Crippen LogP contribution < -0.4 is 11.3 Å². The van der Waals surface area contributed by atoms with E-state index in [1.54, 1.807) is 0 Å². The minimum atomic E-state index is -1.69. The topological polar surface area (TPSA) is 130 Å². The van der Waals surface area contributed by atoms with E-state index in [9.17, 15) is 19.4 Å². The maximum Gasteiger partial charge on any atom is 0.280 e. The van der Waals surface area contributed by atoms with E-state index in [0.717, 1.165) is 0 Å². The monoisotopic (exact) mass is 295 g/mol. The van der Waals surface area contributed by atoms with Gasteiger partial charge in [0.1, 0.15) is 0 Å². The Morgan fingerprint density at radius 2 is 2.29 bits per heavy atom. The summed E-state index contributed by atoms with van der Waals surface area (Å²) in [4.78, 5) is 21.9. The van der Waals surface area contributed by atoms with Crippen LogP contribution in [0, 0.1) is 5.92 Å². The van der Waals surface area contributed by atoms with Gasteiger partial charge in [-0.25, -0.2) is 9.37 Å². The van der Waals surface area contributed by atoms with Crippen LogP contribution in [0.3, 0.4) is 0 Å². The minimum Gasteiger partial charge on any atom is -0.396 e. The SMILES string of the molecule is C=C1C(CO)C(O)C(F)C1n1cnc2c(=O)[nH]c(N)nc21. The van der Waals surface area contributed by atoms with E-state index in [0.29, 0.717) is 5.57 Å². The summed E-state index contributed by atoms with van der Waals surface area (Å²) in [5, 5.41) is 19.1. The van der Waals surface area contributed by atoms with Crippen LogP contribution in [-0.2, 0) is 0 Å². The second kappa shape index (κ2) is 4.64. The number of aliphatic hydroxyl groups is 2. The van der Waals surface area contributed by atoms with Crippen LogP contribution in [0.2, 0.25) is 0 Å². The number of nitrogen functional groups attached to an aromatic ring is 1. The highest BCUT2D eigenvalue weighted by molar-refractivity contribution is 5.71. The van der Waals surface area contributed by atoms with Crippen LogP contribution in [0.4, 0.5) is 10.3 Å². The molecule has 2 aromatic heterocycles. The van der Waals surface area contributed by atoms with Crippen molar-refractivity contribution in [3.63, 3.8) is 0 Å². The molecule has 1 saturated carbocycles. The molecule has 0 bridgehead atoms. The van der Waals surface area contributed by atoms with Crippen molar-refractivity contribution in [2.24, 2.45) is 5.92 Å². The molecule has 0 saturated heterocycles. The molecule has 1 aliphatic carbocycles. The lowest BCUT2D eigenvalue weighted by Gasteiger charge is -2.17. The Bertz CT molecular complexity index is 770. The molecule has 2 aromatic rings. The number of hydrogen-bond acceptors (Lipinski definition) is 6. The number of rotatable bonds is 2.